The maximum atomic E-state index is 11.3. The largest absolute Gasteiger partial charge is 0.501 e. The molecule has 0 fully saturated rings. The molecule has 0 radical (unpaired) electrons. The molecule has 6 nitrogen and oxygen atoms in total. The van der Waals surface area contributed by atoms with Crippen LogP contribution in [0.2, 0.25) is 6.04 Å². The van der Waals surface area contributed by atoms with Crippen molar-refractivity contribution in [3.8, 4) is 0 Å². The fourth-order valence-electron chi connectivity index (χ4n) is 1.84. The van der Waals surface area contributed by atoms with Gasteiger partial charge in [-0.1, -0.05) is 13.0 Å². The van der Waals surface area contributed by atoms with Gasteiger partial charge in [-0.25, -0.2) is 4.79 Å². The first-order valence-electron chi connectivity index (χ1n) is 7.35. The lowest BCUT2D eigenvalue weighted by Crippen LogP contribution is -2.48. The maximum Gasteiger partial charge on any atom is 0.501 e. The highest BCUT2D eigenvalue weighted by molar-refractivity contribution is 6.60. The van der Waals surface area contributed by atoms with Crippen molar-refractivity contribution in [1.82, 2.24) is 0 Å². The number of carbonyl (C=O) groups excluding carboxylic acids is 1. The molecule has 7 heteroatoms. The van der Waals surface area contributed by atoms with Crippen molar-refractivity contribution >= 4 is 14.8 Å². The molecule has 0 saturated heterocycles. The summed E-state index contributed by atoms with van der Waals surface area (Å²) in [6, 6.07) is 0.539. The lowest BCUT2D eigenvalue weighted by molar-refractivity contribution is -0.138. The second-order valence-corrected chi connectivity index (χ2v) is 7.20. The number of esters is 1. The molecule has 1 unspecified atom stereocenters. The third kappa shape index (κ3) is 9.00. The highest BCUT2D eigenvalue weighted by atomic mass is 28.4. The third-order valence-electron chi connectivity index (χ3n) is 2.55. The van der Waals surface area contributed by atoms with Crippen LogP contribution in [0.5, 0.6) is 0 Å². The van der Waals surface area contributed by atoms with Crippen molar-refractivity contribution in [2.24, 2.45) is 5.92 Å². The summed E-state index contributed by atoms with van der Waals surface area (Å²) < 4.78 is 22.3. The number of hydrogen-bond acceptors (Lipinski definition) is 6. The average molecular weight is 320 g/mol. The Balaban J connectivity index is 4.57. The first-order chi connectivity index (χ1) is 10.0. The van der Waals surface area contributed by atoms with Gasteiger partial charge in [-0.3, -0.25) is 0 Å². The Kier molecular flexibility index (Phi) is 11.5. The van der Waals surface area contributed by atoms with Gasteiger partial charge in [0.15, 0.2) is 0 Å². The van der Waals surface area contributed by atoms with E-state index in [1.165, 1.54) is 6.08 Å². The predicted octanol–water partition coefficient (Wildman–Crippen LogP) is 1.76. The van der Waals surface area contributed by atoms with E-state index in [4.69, 9.17) is 23.1 Å². The van der Waals surface area contributed by atoms with Gasteiger partial charge < -0.3 is 23.1 Å². The zero-order chi connectivity index (χ0) is 16.1. The van der Waals surface area contributed by atoms with Crippen LogP contribution in [-0.2, 0) is 22.8 Å². The van der Waals surface area contributed by atoms with Crippen molar-refractivity contribution < 1.29 is 27.9 Å². The number of aliphatic hydroxyl groups is 1. The van der Waals surface area contributed by atoms with E-state index in [2.05, 4.69) is 0 Å². The van der Waals surface area contributed by atoms with E-state index < -0.39 is 8.80 Å². The summed E-state index contributed by atoms with van der Waals surface area (Å²) in [5, 5.41) is 8.94. The number of rotatable bonds is 12. The molecule has 0 aliphatic carbocycles. The minimum atomic E-state index is -2.84. The summed E-state index contributed by atoms with van der Waals surface area (Å²) in [5.41, 5.74) is 0. The third-order valence-corrected chi connectivity index (χ3v) is 5.85. The number of hydrogen-bond donors (Lipinski definition) is 1. The van der Waals surface area contributed by atoms with Crippen LogP contribution in [0.1, 0.15) is 27.7 Å². The van der Waals surface area contributed by atoms with Crippen LogP contribution in [0.3, 0.4) is 0 Å². The molecule has 0 rings (SSSR count). The van der Waals surface area contributed by atoms with Crippen LogP contribution in [0, 0.1) is 5.92 Å². The van der Waals surface area contributed by atoms with E-state index in [0.29, 0.717) is 19.3 Å². The molecule has 0 aromatic carbocycles. The Morgan fingerprint density at radius 1 is 1.24 bits per heavy atom. The fraction of sp³-hybridized carbons (Fsp3) is 0.786. The Morgan fingerprint density at radius 2 is 1.86 bits per heavy atom. The molecule has 1 atom stereocenters. The van der Waals surface area contributed by atoms with Crippen LogP contribution in [0.15, 0.2) is 12.2 Å². The standard InChI is InChI=1S/C14H28O6Si/c1-5-8-14(16)17-11-13(4)12-21(18-6-2,19-7-3)20-10-9-15/h5,8,13,15H,6-7,9-12H2,1-4H3. The van der Waals surface area contributed by atoms with Crippen molar-refractivity contribution in [2.45, 2.75) is 33.7 Å². The Bertz CT molecular complexity index is 302. The summed E-state index contributed by atoms with van der Waals surface area (Å²) in [5.74, 6) is -0.316. The zero-order valence-corrected chi connectivity index (χ0v) is 14.5. The van der Waals surface area contributed by atoms with Gasteiger partial charge in [-0.2, -0.15) is 0 Å². The number of aliphatic hydroxyl groups excluding tert-OH is 1. The van der Waals surface area contributed by atoms with Gasteiger partial charge in [-0.15, -0.1) is 0 Å². The Labute approximate surface area is 128 Å². The molecule has 0 saturated carbocycles. The lowest BCUT2D eigenvalue weighted by Gasteiger charge is -2.30. The van der Waals surface area contributed by atoms with Gasteiger partial charge >= 0.3 is 14.8 Å². The molecular formula is C14H28O6Si. The van der Waals surface area contributed by atoms with Crippen molar-refractivity contribution in [1.29, 1.82) is 0 Å². The van der Waals surface area contributed by atoms with Crippen LogP contribution in [0.4, 0.5) is 0 Å². The molecular weight excluding hydrogens is 292 g/mol. The summed E-state index contributed by atoms with van der Waals surface area (Å²) in [4.78, 5) is 11.3. The van der Waals surface area contributed by atoms with Crippen molar-refractivity contribution in [2.75, 3.05) is 33.0 Å². The van der Waals surface area contributed by atoms with E-state index in [-0.39, 0.29) is 31.7 Å². The monoisotopic (exact) mass is 320 g/mol. The molecule has 0 aliphatic rings. The fourth-order valence-corrected chi connectivity index (χ4v) is 4.69. The normalized spacial score (nSPS) is 13.6. The number of carbonyl (C=O) groups is 1. The zero-order valence-electron chi connectivity index (χ0n) is 13.5. The quantitative estimate of drug-likeness (QED) is 0.335. The topological polar surface area (TPSA) is 74.2 Å². The first-order valence-corrected chi connectivity index (χ1v) is 9.28. The van der Waals surface area contributed by atoms with Crippen LogP contribution in [-0.4, -0.2) is 52.9 Å². The SMILES string of the molecule is CC=CC(=O)OCC(C)C[Si](OCC)(OCC)OCCO. The van der Waals surface area contributed by atoms with E-state index in [1.54, 1.807) is 13.0 Å². The maximum absolute atomic E-state index is 11.3. The van der Waals surface area contributed by atoms with Gasteiger partial charge in [0, 0.05) is 25.3 Å². The van der Waals surface area contributed by atoms with E-state index >= 15 is 0 Å². The van der Waals surface area contributed by atoms with Gasteiger partial charge in [0.1, 0.15) is 0 Å². The summed E-state index contributed by atoms with van der Waals surface area (Å²) in [6.07, 6.45) is 3.02. The van der Waals surface area contributed by atoms with E-state index in [1.807, 2.05) is 20.8 Å². The molecule has 0 bridgehead atoms. The number of ether oxygens (including phenoxy) is 1. The van der Waals surface area contributed by atoms with E-state index in [9.17, 15) is 4.79 Å². The second-order valence-electron chi connectivity index (χ2n) is 4.56. The molecule has 1 N–H and O–H groups in total. The Morgan fingerprint density at radius 3 is 2.33 bits per heavy atom. The van der Waals surface area contributed by atoms with Gasteiger partial charge in [0.05, 0.1) is 19.8 Å². The highest BCUT2D eigenvalue weighted by Gasteiger charge is 2.42. The number of allylic oxidation sites excluding steroid dienone is 1. The van der Waals surface area contributed by atoms with Gasteiger partial charge in [-0.05, 0) is 26.7 Å². The first kappa shape index (κ1) is 20.3. The predicted molar refractivity (Wildman–Crippen MR) is 81.8 cm³/mol. The lowest BCUT2D eigenvalue weighted by atomic mass is 10.2. The molecule has 0 amide bonds. The summed E-state index contributed by atoms with van der Waals surface area (Å²) in [6.45, 7) is 8.78. The summed E-state index contributed by atoms with van der Waals surface area (Å²) >= 11 is 0. The van der Waals surface area contributed by atoms with Crippen LogP contribution >= 0.6 is 0 Å². The minimum absolute atomic E-state index is 0.0441. The molecule has 0 heterocycles. The molecule has 0 aromatic rings. The van der Waals surface area contributed by atoms with Crippen molar-refractivity contribution in [3.05, 3.63) is 12.2 Å². The smallest absolute Gasteiger partial charge is 0.462 e. The molecule has 0 spiro atoms. The molecule has 124 valence electrons. The molecule has 21 heavy (non-hydrogen) atoms. The average Bonchev–Trinajstić information content (AvgIpc) is 2.44. The second kappa shape index (κ2) is 11.9. The van der Waals surface area contributed by atoms with E-state index in [0.717, 1.165) is 0 Å². The van der Waals surface area contributed by atoms with Gasteiger partial charge in [0.25, 0.3) is 0 Å². The summed E-state index contributed by atoms with van der Waals surface area (Å²) in [7, 11) is -2.84. The molecule has 0 aliphatic heterocycles. The van der Waals surface area contributed by atoms with Gasteiger partial charge in [0.2, 0.25) is 0 Å². The Hall–Kier alpha value is -0.733. The van der Waals surface area contributed by atoms with Crippen LogP contribution in [0.25, 0.3) is 0 Å². The highest BCUT2D eigenvalue weighted by Crippen LogP contribution is 2.22. The molecule has 0 aromatic heterocycles. The minimum Gasteiger partial charge on any atom is -0.462 e. The van der Waals surface area contributed by atoms with Crippen LogP contribution < -0.4 is 0 Å². The van der Waals surface area contributed by atoms with Crippen molar-refractivity contribution in [3.63, 3.8) is 0 Å².